The average molecular weight is 191 g/mol. The summed E-state index contributed by atoms with van der Waals surface area (Å²) in [5.74, 6) is 0.157. The molecule has 4 heteroatoms. The van der Waals surface area contributed by atoms with Gasteiger partial charge in [-0.2, -0.15) is 0 Å². The van der Waals surface area contributed by atoms with E-state index < -0.39 is 0 Å². The minimum absolute atomic E-state index is 0.157. The zero-order valence-corrected chi connectivity index (χ0v) is 8.10. The van der Waals surface area contributed by atoms with Gasteiger partial charge in [0.1, 0.15) is 0 Å². The van der Waals surface area contributed by atoms with Gasteiger partial charge >= 0.3 is 0 Å². The minimum atomic E-state index is 0.157. The maximum absolute atomic E-state index is 11.7. The topological polar surface area (TPSA) is 45.2 Å². The summed E-state index contributed by atoms with van der Waals surface area (Å²) in [7, 11) is 0. The van der Waals surface area contributed by atoms with Crippen LogP contribution in [-0.4, -0.2) is 23.6 Å². The molecule has 1 unspecified atom stereocenters. The van der Waals surface area contributed by atoms with Gasteiger partial charge in [0.05, 0.1) is 18.6 Å². The summed E-state index contributed by atoms with van der Waals surface area (Å²) in [6.45, 7) is 2.59. The van der Waals surface area contributed by atoms with Crippen LogP contribution in [0, 0.1) is 0 Å². The van der Waals surface area contributed by atoms with E-state index in [1.165, 1.54) is 0 Å². The maximum Gasteiger partial charge on any atom is 0.229 e. The predicted molar refractivity (Wildman–Crippen MR) is 53.8 cm³/mol. The van der Waals surface area contributed by atoms with Crippen molar-refractivity contribution in [2.45, 2.75) is 19.4 Å². The van der Waals surface area contributed by atoms with E-state index in [1.54, 1.807) is 17.3 Å². The first-order valence-corrected chi connectivity index (χ1v) is 4.71. The molecule has 2 heterocycles. The SMILES string of the molecule is CC1CC(=O)N(c2cccnc2)CN1. The fourth-order valence-electron chi connectivity index (χ4n) is 1.53. The third kappa shape index (κ3) is 1.75. The van der Waals surface area contributed by atoms with Crippen molar-refractivity contribution < 1.29 is 4.79 Å². The second kappa shape index (κ2) is 3.75. The molecule has 0 aromatic carbocycles. The van der Waals surface area contributed by atoms with Crippen molar-refractivity contribution in [2.24, 2.45) is 0 Å². The maximum atomic E-state index is 11.7. The summed E-state index contributed by atoms with van der Waals surface area (Å²) in [4.78, 5) is 17.4. The molecule has 14 heavy (non-hydrogen) atoms. The Balaban J connectivity index is 2.16. The molecule has 2 rings (SSSR count). The van der Waals surface area contributed by atoms with Gasteiger partial charge in [-0.3, -0.25) is 20.0 Å². The van der Waals surface area contributed by atoms with Gasteiger partial charge in [-0.25, -0.2) is 0 Å². The van der Waals surface area contributed by atoms with Gasteiger partial charge in [0.2, 0.25) is 5.91 Å². The molecule has 1 aromatic heterocycles. The van der Waals surface area contributed by atoms with Crippen molar-refractivity contribution in [3.05, 3.63) is 24.5 Å². The molecule has 1 aromatic rings. The number of carbonyl (C=O) groups excluding carboxylic acids is 1. The van der Waals surface area contributed by atoms with Crippen LogP contribution in [0.25, 0.3) is 0 Å². The lowest BCUT2D eigenvalue weighted by molar-refractivity contribution is -0.120. The zero-order valence-electron chi connectivity index (χ0n) is 8.10. The molecule has 74 valence electrons. The highest BCUT2D eigenvalue weighted by Gasteiger charge is 2.23. The zero-order chi connectivity index (χ0) is 9.97. The highest BCUT2D eigenvalue weighted by molar-refractivity contribution is 5.94. The number of nitrogens with zero attached hydrogens (tertiary/aromatic N) is 2. The molecule has 1 aliphatic rings. The van der Waals surface area contributed by atoms with E-state index in [0.29, 0.717) is 13.1 Å². The standard InChI is InChI=1S/C10H13N3O/c1-8-5-10(14)13(7-12-8)9-3-2-4-11-6-9/h2-4,6,8,12H,5,7H2,1H3. The first-order valence-electron chi connectivity index (χ1n) is 4.71. The first kappa shape index (κ1) is 9.15. The predicted octanol–water partition coefficient (Wildman–Crippen LogP) is 0.754. The van der Waals surface area contributed by atoms with Gasteiger partial charge in [0, 0.05) is 18.7 Å². The van der Waals surface area contributed by atoms with Gasteiger partial charge in [-0.05, 0) is 19.1 Å². The van der Waals surface area contributed by atoms with Crippen molar-refractivity contribution in [2.75, 3.05) is 11.6 Å². The lowest BCUT2D eigenvalue weighted by Crippen LogP contribution is -2.50. The molecule has 1 amide bonds. The van der Waals surface area contributed by atoms with Crippen LogP contribution in [0.15, 0.2) is 24.5 Å². The van der Waals surface area contributed by atoms with Crippen LogP contribution in [0.3, 0.4) is 0 Å². The molecule has 1 saturated heterocycles. The Hall–Kier alpha value is -1.42. The molecule has 1 N–H and O–H groups in total. The van der Waals surface area contributed by atoms with Crippen LogP contribution < -0.4 is 10.2 Å². The second-order valence-electron chi connectivity index (χ2n) is 3.50. The first-order chi connectivity index (χ1) is 6.77. The fourth-order valence-corrected chi connectivity index (χ4v) is 1.53. The Kier molecular flexibility index (Phi) is 2.45. The van der Waals surface area contributed by atoms with E-state index in [0.717, 1.165) is 5.69 Å². The molecular weight excluding hydrogens is 178 g/mol. The van der Waals surface area contributed by atoms with Gasteiger partial charge in [0.15, 0.2) is 0 Å². The normalized spacial score (nSPS) is 22.5. The Morgan fingerprint density at radius 2 is 2.50 bits per heavy atom. The molecule has 1 atom stereocenters. The Labute approximate surface area is 82.9 Å². The number of rotatable bonds is 1. The van der Waals surface area contributed by atoms with E-state index in [-0.39, 0.29) is 11.9 Å². The lowest BCUT2D eigenvalue weighted by Gasteiger charge is -2.30. The van der Waals surface area contributed by atoms with E-state index in [1.807, 2.05) is 19.1 Å². The molecular formula is C10H13N3O. The van der Waals surface area contributed by atoms with Crippen LogP contribution in [0.2, 0.25) is 0 Å². The van der Waals surface area contributed by atoms with Gasteiger partial charge < -0.3 is 0 Å². The summed E-state index contributed by atoms with van der Waals surface area (Å²) in [6, 6.07) is 4.00. The summed E-state index contributed by atoms with van der Waals surface area (Å²) in [5, 5.41) is 3.24. The highest BCUT2D eigenvalue weighted by Crippen LogP contribution is 2.15. The Morgan fingerprint density at radius 3 is 3.14 bits per heavy atom. The van der Waals surface area contributed by atoms with Crippen molar-refractivity contribution >= 4 is 11.6 Å². The van der Waals surface area contributed by atoms with E-state index in [9.17, 15) is 4.79 Å². The minimum Gasteiger partial charge on any atom is -0.298 e. The molecule has 0 spiro atoms. The number of pyridine rings is 1. The summed E-state index contributed by atoms with van der Waals surface area (Å²) in [6.07, 6.45) is 3.96. The Bertz CT molecular complexity index is 325. The molecule has 0 radical (unpaired) electrons. The number of hydrogen-bond acceptors (Lipinski definition) is 3. The van der Waals surface area contributed by atoms with Gasteiger partial charge in [0.25, 0.3) is 0 Å². The quantitative estimate of drug-likeness (QED) is 0.712. The fraction of sp³-hybridized carbons (Fsp3) is 0.400. The number of amides is 1. The van der Waals surface area contributed by atoms with Gasteiger partial charge in [-0.15, -0.1) is 0 Å². The van der Waals surface area contributed by atoms with Crippen molar-refractivity contribution in [1.29, 1.82) is 0 Å². The van der Waals surface area contributed by atoms with Crippen molar-refractivity contribution in [3.63, 3.8) is 0 Å². The lowest BCUT2D eigenvalue weighted by atomic mass is 10.1. The molecule has 4 nitrogen and oxygen atoms in total. The van der Waals surface area contributed by atoms with Crippen LogP contribution in [0.5, 0.6) is 0 Å². The van der Waals surface area contributed by atoms with Crippen LogP contribution in [-0.2, 0) is 4.79 Å². The summed E-state index contributed by atoms with van der Waals surface area (Å²) in [5.41, 5.74) is 0.858. The number of hydrogen-bond donors (Lipinski definition) is 1. The number of carbonyl (C=O) groups is 1. The van der Waals surface area contributed by atoms with Crippen LogP contribution >= 0.6 is 0 Å². The van der Waals surface area contributed by atoms with Crippen LogP contribution in [0.1, 0.15) is 13.3 Å². The molecule has 0 bridgehead atoms. The molecule has 0 aliphatic carbocycles. The Morgan fingerprint density at radius 1 is 1.64 bits per heavy atom. The van der Waals surface area contributed by atoms with E-state index in [4.69, 9.17) is 0 Å². The molecule has 1 fully saturated rings. The third-order valence-corrected chi connectivity index (χ3v) is 2.34. The van der Waals surface area contributed by atoms with Gasteiger partial charge in [-0.1, -0.05) is 0 Å². The van der Waals surface area contributed by atoms with E-state index >= 15 is 0 Å². The molecule has 1 aliphatic heterocycles. The number of nitrogens with one attached hydrogen (secondary N) is 1. The largest absolute Gasteiger partial charge is 0.298 e. The third-order valence-electron chi connectivity index (χ3n) is 2.34. The van der Waals surface area contributed by atoms with Crippen molar-refractivity contribution in [1.82, 2.24) is 10.3 Å². The summed E-state index contributed by atoms with van der Waals surface area (Å²) < 4.78 is 0. The monoisotopic (exact) mass is 191 g/mol. The van der Waals surface area contributed by atoms with Crippen molar-refractivity contribution in [3.8, 4) is 0 Å². The molecule has 0 saturated carbocycles. The summed E-state index contributed by atoms with van der Waals surface area (Å²) >= 11 is 0. The van der Waals surface area contributed by atoms with E-state index in [2.05, 4.69) is 10.3 Å². The second-order valence-corrected chi connectivity index (χ2v) is 3.50. The van der Waals surface area contributed by atoms with Crippen LogP contribution in [0.4, 0.5) is 5.69 Å². The highest BCUT2D eigenvalue weighted by atomic mass is 16.2. The number of anilines is 1. The average Bonchev–Trinajstić information content (AvgIpc) is 2.19. The number of aromatic nitrogens is 1. The smallest absolute Gasteiger partial charge is 0.229 e.